The van der Waals surface area contributed by atoms with Crippen molar-refractivity contribution in [2.24, 2.45) is 0 Å². The van der Waals surface area contributed by atoms with Crippen molar-refractivity contribution in [1.29, 1.82) is 0 Å². The van der Waals surface area contributed by atoms with Gasteiger partial charge in [0.1, 0.15) is 6.17 Å². The van der Waals surface area contributed by atoms with E-state index in [1.54, 1.807) is 0 Å². The largest absolute Gasteiger partial charge is 0.481 e. The van der Waals surface area contributed by atoms with Gasteiger partial charge in [-0.1, -0.05) is 0 Å². The minimum Gasteiger partial charge on any atom is -0.481 e. The van der Waals surface area contributed by atoms with E-state index in [0.29, 0.717) is 26.1 Å². The van der Waals surface area contributed by atoms with E-state index in [2.05, 4.69) is 0 Å². The van der Waals surface area contributed by atoms with Crippen LogP contribution in [0, 0.1) is 0 Å². The number of hydrogen-bond acceptors (Lipinski definition) is 2. The molecule has 1 aliphatic rings. The van der Waals surface area contributed by atoms with E-state index < -0.39 is 12.1 Å². The molecule has 1 fully saturated rings. The minimum atomic E-state index is -0.813. The Bertz CT molecular complexity index is 151. The summed E-state index contributed by atoms with van der Waals surface area (Å²) in [5.74, 6) is -0.813. The van der Waals surface area contributed by atoms with Crippen molar-refractivity contribution in [3.63, 3.8) is 0 Å². The number of alkyl halides is 1. The van der Waals surface area contributed by atoms with Crippen LogP contribution in [0.1, 0.15) is 12.8 Å². The second kappa shape index (κ2) is 3.67. The van der Waals surface area contributed by atoms with Crippen molar-refractivity contribution < 1.29 is 14.3 Å². The Balaban J connectivity index is 2.13. The third kappa shape index (κ3) is 2.84. The maximum Gasteiger partial charge on any atom is 0.304 e. The van der Waals surface area contributed by atoms with Crippen molar-refractivity contribution >= 4 is 5.97 Å². The molecule has 1 heterocycles. The van der Waals surface area contributed by atoms with Gasteiger partial charge in [0.05, 0.1) is 6.42 Å². The van der Waals surface area contributed by atoms with Gasteiger partial charge in [-0.25, -0.2) is 4.39 Å². The summed E-state index contributed by atoms with van der Waals surface area (Å²) in [4.78, 5) is 12.0. The Morgan fingerprint density at radius 2 is 2.45 bits per heavy atom. The first kappa shape index (κ1) is 8.46. The maximum atomic E-state index is 12.5. The summed E-state index contributed by atoms with van der Waals surface area (Å²) < 4.78 is 12.5. The number of aliphatic carboxylic acids is 1. The molecular weight excluding hydrogens is 149 g/mol. The van der Waals surface area contributed by atoms with Gasteiger partial charge in [0.15, 0.2) is 0 Å². The summed E-state index contributed by atoms with van der Waals surface area (Å²) in [6, 6.07) is 0. The Hall–Kier alpha value is -0.640. The third-order valence-corrected chi connectivity index (χ3v) is 1.86. The molecule has 0 aliphatic carbocycles. The minimum absolute atomic E-state index is 0.118. The summed E-state index contributed by atoms with van der Waals surface area (Å²) in [5, 5.41) is 8.32. The van der Waals surface area contributed by atoms with Gasteiger partial charge in [0.2, 0.25) is 0 Å². The molecule has 0 aromatic rings. The van der Waals surface area contributed by atoms with Gasteiger partial charge in [0, 0.05) is 19.6 Å². The van der Waals surface area contributed by atoms with E-state index in [1.807, 2.05) is 4.90 Å². The molecule has 1 aliphatic heterocycles. The SMILES string of the molecule is O=C(O)CCN1CCC(F)C1. The van der Waals surface area contributed by atoms with Crippen molar-refractivity contribution in [2.45, 2.75) is 19.0 Å². The summed E-state index contributed by atoms with van der Waals surface area (Å²) in [6.45, 7) is 1.59. The summed E-state index contributed by atoms with van der Waals surface area (Å²) in [7, 11) is 0. The molecule has 1 unspecified atom stereocenters. The third-order valence-electron chi connectivity index (χ3n) is 1.86. The Labute approximate surface area is 64.8 Å². The fourth-order valence-electron chi connectivity index (χ4n) is 1.24. The maximum absolute atomic E-state index is 12.5. The lowest BCUT2D eigenvalue weighted by atomic mass is 10.3. The van der Waals surface area contributed by atoms with Gasteiger partial charge < -0.3 is 5.11 Å². The van der Waals surface area contributed by atoms with E-state index in [0.717, 1.165) is 0 Å². The van der Waals surface area contributed by atoms with Crippen molar-refractivity contribution in [2.75, 3.05) is 19.6 Å². The zero-order valence-electron chi connectivity index (χ0n) is 6.29. The Morgan fingerprint density at radius 1 is 1.73 bits per heavy atom. The molecule has 3 nitrogen and oxygen atoms in total. The molecule has 1 rings (SSSR count). The lowest BCUT2D eigenvalue weighted by molar-refractivity contribution is -0.137. The van der Waals surface area contributed by atoms with Crippen LogP contribution in [0.4, 0.5) is 4.39 Å². The Morgan fingerprint density at radius 3 is 2.91 bits per heavy atom. The van der Waals surface area contributed by atoms with Crippen LogP contribution < -0.4 is 0 Å². The van der Waals surface area contributed by atoms with Gasteiger partial charge in [-0.2, -0.15) is 0 Å². The van der Waals surface area contributed by atoms with Crippen LogP contribution in [0.2, 0.25) is 0 Å². The first-order chi connectivity index (χ1) is 5.18. The molecule has 1 atom stereocenters. The Kier molecular flexibility index (Phi) is 2.82. The van der Waals surface area contributed by atoms with Gasteiger partial charge in [-0.05, 0) is 6.42 Å². The predicted octanol–water partition coefficient (Wildman–Crippen LogP) is 0.505. The summed E-state index contributed by atoms with van der Waals surface area (Å²) >= 11 is 0. The molecular formula is C7H12FNO2. The highest BCUT2D eigenvalue weighted by atomic mass is 19.1. The monoisotopic (exact) mass is 161 g/mol. The number of likely N-dealkylation sites (tertiary alicyclic amines) is 1. The molecule has 0 bridgehead atoms. The molecule has 64 valence electrons. The molecule has 0 spiro atoms. The van der Waals surface area contributed by atoms with E-state index in [-0.39, 0.29) is 6.42 Å². The average molecular weight is 161 g/mol. The molecule has 0 amide bonds. The smallest absolute Gasteiger partial charge is 0.304 e. The van der Waals surface area contributed by atoms with Crippen LogP contribution in [0.3, 0.4) is 0 Å². The van der Waals surface area contributed by atoms with Crippen molar-refractivity contribution in [3.05, 3.63) is 0 Å². The molecule has 0 radical (unpaired) electrons. The lowest BCUT2D eigenvalue weighted by Crippen LogP contribution is -2.24. The second-order valence-electron chi connectivity index (χ2n) is 2.83. The molecule has 4 heteroatoms. The van der Waals surface area contributed by atoms with Crippen LogP contribution >= 0.6 is 0 Å². The van der Waals surface area contributed by atoms with Crippen LogP contribution in [-0.4, -0.2) is 41.8 Å². The predicted molar refractivity (Wildman–Crippen MR) is 38.2 cm³/mol. The molecule has 11 heavy (non-hydrogen) atoms. The highest BCUT2D eigenvalue weighted by Gasteiger charge is 2.21. The molecule has 1 saturated heterocycles. The lowest BCUT2D eigenvalue weighted by Gasteiger charge is -2.11. The van der Waals surface area contributed by atoms with E-state index in [4.69, 9.17) is 5.11 Å². The van der Waals surface area contributed by atoms with Gasteiger partial charge >= 0.3 is 5.97 Å². The number of carboxylic acid groups (broad SMARTS) is 1. The summed E-state index contributed by atoms with van der Waals surface area (Å²) in [6.07, 6.45) is -0.0735. The fourth-order valence-corrected chi connectivity index (χ4v) is 1.24. The van der Waals surface area contributed by atoms with E-state index in [9.17, 15) is 9.18 Å². The van der Waals surface area contributed by atoms with Gasteiger partial charge in [0.25, 0.3) is 0 Å². The number of halogens is 1. The first-order valence-electron chi connectivity index (χ1n) is 3.76. The average Bonchev–Trinajstić information content (AvgIpc) is 2.31. The van der Waals surface area contributed by atoms with E-state index in [1.165, 1.54) is 0 Å². The van der Waals surface area contributed by atoms with Crippen LogP contribution in [0.5, 0.6) is 0 Å². The molecule has 0 aromatic carbocycles. The normalized spacial score (nSPS) is 25.7. The fraction of sp³-hybridized carbons (Fsp3) is 0.857. The van der Waals surface area contributed by atoms with Crippen molar-refractivity contribution in [3.8, 4) is 0 Å². The molecule has 0 saturated carbocycles. The number of carboxylic acids is 1. The number of hydrogen-bond donors (Lipinski definition) is 1. The summed E-state index contributed by atoms with van der Waals surface area (Å²) in [5.41, 5.74) is 0. The van der Waals surface area contributed by atoms with Crippen LogP contribution in [0.15, 0.2) is 0 Å². The quantitative estimate of drug-likeness (QED) is 0.655. The van der Waals surface area contributed by atoms with Crippen LogP contribution in [-0.2, 0) is 4.79 Å². The van der Waals surface area contributed by atoms with Crippen LogP contribution in [0.25, 0.3) is 0 Å². The number of rotatable bonds is 3. The van der Waals surface area contributed by atoms with Gasteiger partial charge in [-0.3, -0.25) is 9.69 Å². The number of nitrogens with zero attached hydrogens (tertiary/aromatic N) is 1. The topological polar surface area (TPSA) is 40.5 Å². The molecule has 1 N–H and O–H groups in total. The second-order valence-corrected chi connectivity index (χ2v) is 2.83. The zero-order chi connectivity index (χ0) is 8.27. The standard InChI is InChI=1S/C7H12FNO2/c8-6-1-3-9(5-6)4-2-7(10)11/h6H,1-5H2,(H,10,11). The number of carbonyl (C=O) groups is 1. The van der Waals surface area contributed by atoms with Crippen molar-refractivity contribution in [1.82, 2.24) is 4.90 Å². The van der Waals surface area contributed by atoms with E-state index >= 15 is 0 Å². The molecule has 0 aromatic heterocycles. The highest BCUT2D eigenvalue weighted by Crippen LogP contribution is 2.11. The first-order valence-corrected chi connectivity index (χ1v) is 3.76. The zero-order valence-corrected chi connectivity index (χ0v) is 6.29. The van der Waals surface area contributed by atoms with Gasteiger partial charge in [-0.15, -0.1) is 0 Å². The highest BCUT2D eigenvalue weighted by molar-refractivity contribution is 5.66.